The fourth-order valence-electron chi connectivity index (χ4n) is 2.39. The van der Waals surface area contributed by atoms with Crippen LogP contribution in [0.4, 0.5) is 4.79 Å². The third-order valence-electron chi connectivity index (χ3n) is 3.71. The first-order valence-corrected chi connectivity index (χ1v) is 8.80. The molecule has 1 aromatic carbocycles. The maximum atomic E-state index is 12.4. The Bertz CT molecular complexity index is 676. The molecule has 0 bridgehead atoms. The van der Waals surface area contributed by atoms with Gasteiger partial charge in [-0.1, -0.05) is 44.2 Å². The second-order valence-electron chi connectivity index (χ2n) is 6.57. The van der Waals surface area contributed by atoms with Gasteiger partial charge in [0.05, 0.1) is 13.5 Å². The molecule has 0 aliphatic rings. The molecule has 0 unspecified atom stereocenters. The van der Waals surface area contributed by atoms with E-state index in [0.29, 0.717) is 6.42 Å². The highest BCUT2D eigenvalue weighted by atomic mass is 16.5. The maximum Gasteiger partial charge on any atom is 0.408 e. The number of rotatable bonds is 10. The molecule has 0 radical (unpaired) electrons. The zero-order valence-corrected chi connectivity index (χ0v) is 16.1. The first-order valence-electron chi connectivity index (χ1n) is 8.80. The van der Waals surface area contributed by atoms with Gasteiger partial charge in [-0.05, 0) is 17.9 Å². The molecular weight excluding hydrogens is 368 g/mol. The highest BCUT2D eigenvalue weighted by molar-refractivity contribution is 5.92. The minimum Gasteiger partial charge on any atom is -0.481 e. The third-order valence-corrected chi connectivity index (χ3v) is 3.71. The molecule has 0 saturated carbocycles. The van der Waals surface area contributed by atoms with Crippen LogP contribution >= 0.6 is 0 Å². The predicted octanol–water partition coefficient (Wildman–Crippen LogP) is 1.46. The molecule has 0 saturated heterocycles. The highest BCUT2D eigenvalue weighted by Gasteiger charge is 2.29. The summed E-state index contributed by atoms with van der Waals surface area (Å²) in [5.74, 6) is -2.68. The van der Waals surface area contributed by atoms with Gasteiger partial charge in [-0.15, -0.1) is 0 Å². The van der Waals surface area contributed by atoms with Crippen molar-refractivity contribution in [1.29, 1.82) is 0 Å². The molecule has 1 aromatic rings. The number of carboxylic acids is 1. The fourth-order valence-corrected chi connectivity index (χ4v) is 2.39. The number of amides is 2. The summed E-state index contributed by atoms with van der Waals surface area (Å²) in [6.07, 6.45) is -1.30. The summed E-state index contributed by atoms with van der Waals surface area (Å²) in [4.78, 5) is 47.3. The monoisotopic (exact) mass is 394 g/mol. The van der Waals surface area contributed by atoms with Crippen LogP contribution in [0.1, 0.15) is 32.3 Å². The average Bonchev–Trinajstić information content (AvgIpc) is 2.64. The number of alkyl carbamates (subject to hydrolysis) is 1. The van der Waals surface area contributed by atoms with Crippen molar-refractivity contribution < 1.29 is 33.8 Å². The molecule has 2 amide bonds. The van der Waals surface area contributed by atoms with E-state index in [-0.39, 0.29) is 12.5 Å². The van der Waals surface area contributed by atoms with Crippen LogP contribution in [0.25, 0.3) is 0 Å². The van der Waals surface area contributed by atoms with E-state index in [4.69, 9.17) is 9.84 Å². The minimum absolute atomic E-state index is 0.0355. The number of carbonyl (C=O) groups excluding carboxylic acids is 3. The number of ether oxygens (including phenoxy) is 2. The summed E-state index contributed by atoms with van der Waals surface area (Å²) in [7, 11) is 1.19. The van der Waals surface area contributed by atoms with Crippen molar-refractivity contribution in [3.8, 4) is 0 Å². The van der Waals surface area contributed by atoms with Crippen LogP contribution in [0.15, 0.2) is 30.3 Å². The Morgan fingerprint density at radius 3 is 2.21 bits per heavy atom. The number of esters is 1. The molecule has 0 aliphatic heterocycles. The van der Waals surface area contributed by atoms with Gasteiger partial charge < -0.3 is 25.2 Å². The number of hydrogen-bond donors (Lipinski definition) is 3. The standard InChI is InChI=1S/C19H26N2O7/c1-12(2)9-15(18(25)27-3)20-17(24)14(10-16(22)23)21-19(26)28-11-13-7-5-4-6-8-13/h4-8,12,14-15H,9-11H2,1-3H3,(H,20,24)(H,21,26)(H,22,23)/t14-,15-/m0/s1. The number of carboxylic acid groups (broad SMARTS) is 1. The molecule has 9 nitrogen and oxygen atoms in total. The summed E-state index contributed by atoms with van der Waals surface area (Å²) >= 11 is 0. The first kappa shape index (κ1) is 22.9. The van der Waals surface area contributed by atoms with Crippen LogP contribution in [-0.2, 0) is 30.5 Å². The Morgan fingerprint density at radius 1 is 1.04 bits per heavy atom. The van der Waals surface area contributed by atoms with Crippen LogP contribution in [0.5, 0.6) is 0 Å². The van der Waals surface area contributed by atoms with Crippen LogP contribution in [0.3, 0.4) is 0 Å². The van der Waals surface area contributed by atoms with E-state index in [1.54, 1.807) is 24.3 Å². The molecule has 9 heteroatoms. The van der Waals surface area contributed by atoms with Gasteiger partial charge in [-0.3, -0.25) is 9.59 Å². The summed E-state index contributed by atoms with van der Waals surface area (Å²) in [5, 5.41) is 13.7. The number of methoxy groups -OCH3 is 1. The lowest BCUT2D eigenvalue weighted by atomic mass is 10.0. The van der Waals surface area contributed by atoms with E-state index >= 15 is 0 Å². The number of benzene rings is 1. The van der Waals surface area contributed by atoms with Crippen molar-refractivity contribution in [3.63, 3.8) is 0 Å². The van der Waals surface area contributed by atoms with Gasteiger partial charge in [0, 0.05) is 0 Å². The molecule has 2 atom stereocenters. The van der Waals surface area contributed by atoms with Crippen molar-refractivity contribution in [1.82, 2.24) is 10.6 Å². The van der Waals surface area contributed by atoms with E-state index in [0.717, 1.165) is 5.56 Å². The summed E-state index contributed by atoms with van der Waals surface area (Å²) in [6, 6.07) is 6.52. The molecule has 0 fully saturated rings. The van der Waals surface area contributed by atoms with E-state index in [1.165, 1.54) is 7.11 Å². The molecule has 0 spiro atoms. The lowest BCUT2D eigenvalue weighted by Crippen LogP contribution is -2.52. The van der Waals surface area contributed by atoms with Crippen molar-refractivity contribution in [2.75, 3.05) is 7.11 Å². The van der Waals surface area contributed by atoms with Gasteiger partial charge in [-0.25, -0.2) is 9.59 Å². The SMILES string of the molecule is COC(=O)[C@H](CC(C)C)NC(=O)[C@H](CC(=O)O)NC(=O)OCc1ccccc1. The largest absolute Gasteiger partial charge is 0.481 e. The summed E-state index contributed by atoms with van der Waals surface area (Å²) in [6.45, 7) is 3.68. The predicted molar refractivity (Wildman–Crippen MR) is 99.2 cm³/mol. The van der Waals surface area contributed by atoms with Crippen LogP contribution in [-0.4, -0.2) is 48.2 Å². The van der Waals surface area contributed by atoms with Gasteiger partial charge >= 0.3 is 18.0 Å². The molecule has 0 aromatic heterocycles. The molecule has 28 heavy (non-hydrogen) atoms. The smallest absolute Gasteiger partial charge is 0.408 e. The minimum atomic E-state index is -1.40. The lowest BCUT2D eigenvalue weighted by Gasteiger charge is -2.22. The van der Waals surface area contributed by atoms with Gasteiger partial charge in [0.25, 0.3) is 0 Å². The van der Waals surface area contributed by atoms with Crippen LogP contribution in [0, 0.1) is 5.92 Å². The fraction of sp³-hybridized carbons (Fsp3) is 0.474. The topological polar surface area (TPSA) is 131 Å². The van der Waals surface area contributed by atoms with Gasteiger partial charge in [-0.2, -0.15) is 0 Å². The van der Waals surface area contributed by atoms with E-state index < -0.39 is 42.4 Å². The van der Waals surface area contributed by atoms with Crippen LogP contribution < -0.4 is 10.6 Å². The molecule has 154 valence electrons. The number of aliphatic carboxylic acids is 1. The number of nitrogens with one attached hydrogen (secondary N) is 2. The van der Waals surface area contributed by atoms with Crippen molar-refractivity contribution in [2.45, 2.75) is 45.4 Å². The van der Waals surface area contributed by atoms with Gasteiger partial charge in [0.15, 0.2) is 0 Å². The molecule has 0 heterocycles. The average molecular weight is 394 g/mol. The zero-order chi connectivity index (χ0) is 21.1. The van der Waals surface area contributed by atoms with E-state index in [1.807, 2.05) is 19.9 Å². The molecular formula is C19H26N2O7. The van der Waals surface area contributed by atoms with E-state index in [9.17, 15) is 19.2 Å². The lowest BCUT2D eigenvalue weighted by molar-refractivity contribution is -0.146. The second kappa shape index (κ2) is 11.6. The third kappa shape index (κ3) is 8.52. The normalized spacial score (nSPS) is 12.6. The quantitative estimate of drug-likeness (QED) is 0.512. The van der Waals surface area contributed by atoms with Crippen molar-refractivity contribution in [3.05, 3.63) is 35.9 Å². The molecule has 1 rings (SSSR count). The van der Waals surface area contributed by atoms with Gasteiger partial charge in [0.1, 0.15) is 18.7 Å². The summed E-state index contributed by atoms with van der Waals surface area (Å²) in [5.41, 5.74) is 0.736. The van der Waals surface area contributed by atoms with E-state index in [2.05, 4.69) is 15.4 Å². The maximum absolute atomic E-state index is 12.4. The Kier molecular flexibility index (Phi) is 9.49. The Balaban J connectivity index is 2.73. The number of hydrogen-bond acceptors (Lipinski definition) is 6. The second-order valence-corrected chi connectivity index (χ2v) is 6.57. The Morgan fingerprint density at radius 2 is 1.68 bits per heavy atom. The van der Waals surface area contributed by atoms with Gasteiger partial charge in [0.2, 0.25) is 5.91 Å². The Labute approximate surface area is 163 Å². The highest BCUT2D eigenvalue weighted by Crippen LogP contribution is 2.08. The zero-order valence-electron chi connectivity index (χ0n) is 16.1. The number of carbonyl (C=O) groups is 4. The van der Waals surface area contributed by atoms with Crippen molar-refractivity contribution in [2.24, 2.45) is 5.92 Å². The first-order chi connectivity index (χ1) is 13.2. The Hall–Kier alpha value is -3.10. The molecule has 3 N–H and O–H groups in total. The van der Waals surface area contributed by atoms with Crippen molar-refractivity contribution >= 4 is 23.9 Å². The molecule has 0 aliphatic carbocycles. The van der Waals surface area contributed by atoms with Crippen LogP contribution in [0.2, 0.25) is 0 Å². The summed E-state index contributed by atoms with van der Waals surface area (Å²) < 4.78 is 9.68.